The second kappa shape index (κ2) is 9.61. The number of benzene rings is 2. The smallest absolute Gasteiger partial charge is 0.291 e. The van der Waals surface area contributed by atoms with E-state index < -0.39 is 0 Å². The second-order valence-electron chi connectivity index (χ2n) is 7.06. The van der Waals surface area contributed by atoms with E-state index in [0.717, 1.165) is 10.0 Å². The largest absolute Gasteiger partial charge is 0.459 e. The van der Waals surface area contributed by atoms with Crippen LogP contribution in [0, 0.1) is 0 Å². The normalized spacial score (nSPS) is 10.8. The number of aryl methyl sites for hydroxylation is 1. The van der Waals surface area contributed by atoms with Gasteiger partial charge in [0.2, 0.25) is 5.91 Å². The Kier molecular flexibility index (Phi) is 6.46. The van der Waals surface area contributed by atoms with Gasteiger partial charge in [-0.25, -0.2) is 4.98 Å². The van der Waals surface area contributed by atoms with Crippen LogP contribution in [0.2, 0.25) is 0 Å². The van der Waals surface area contributed by atoms with E-state index in [0.29, 0.717) is 23.1 Å². The molecule has 162 valence electrons. The summed E-state index contributed by atoms with van der Waals surface area (Å²) >= 11 is 3.36. The molecule has 0 atom stereocenters. The molecular formula is C23H19BrN4O4. The molecule has 0 fully saturated rings. The molecular weight excluding hydrogens is 476 g/mol. The van der Waals surface area contributed by atoms with Gasteiger partial charge in [0.05, 0.1) is 23.5 Å². The number of fused-ring (bicyclic) bond motifs is 1. The van der Waals surface area contributed by atoms with Crippen molar-refractivity contribution in [3.8, 4) is 0 Å². The van der Waals surface area contributed by atoms with Gasteiger partial charge in [-0.05, 0) is 48.0 Å². The number of nitrogens with zero attached hydrogens (tertiary/aromatic N) is 2. The molecule has 0 radical (unpaired) electrons. The molecule has 0 unspecified atom stereocenters. The van der Waals surface area contributed by atoms with Crippen molar-refractivity contribution in [2.75, 3.05) is 5.32 Å². The van der Waals surface area contributed by atoms with E-state index in [1.165, 1.54) is 17.2 Å². The molecule has 2 N–H and O–H groups in total. The lowest BCUT2D eigenvalue weighted by Crippen LogP contribution is -2.27. The van der Waals surface area contributed by atoms with Crippen LogP contribution < -0.4 is 16.2 Å². The van der Waals surface area contributed by atoms with E-state index in [2.05, 4.69) is 31.5 Å². The van der Waals surface area contributed by atoms with Crippen molar-refractivity contribution in [1.29, 1.82) is 0 Å². The number of amides is 2. The molecule has 0 aliphatic heterocycles. The summed E-state index contributed by atoms with van der Waals surface area (Å²) in [6, 6.07) is 15.7. The molecule has 2 heterocycles. The van der Waals surface area contributed by atoms with Gasteiger partial charge in [-0.1, -0.05) is 28.1 Å². The minimum absolute atomic E-state index is 0.135. The predicted octanol–water partition coefficient (Wildman–Crippen LogP) is 3.71. The Morgan fingerprint density at radius 2 is 1.97 bits per heavy atom. The first-order chi connectivity index (χ1) is 15.5. The average molecular weight is 495 g/mol. The Balaban J connectivity index is 1.33. The molecule has 0 aliphatic rings. The van der Waals surface area contributed by atoms with Crippen molar-refractivity contribution in [1.82, 2.24) is 14.9 Å². The summed E-state index contributed by atoms with van der Waals surface area (Å²) < 4.78 is 7.30. The van der Waals surface area contributed by atoms with E-state index in [4.69, 9.17) is 4.42 Å². The molecule has 0 saturated carbocycles. The molecule has 0 bridgehead atoms. The van der Waals surface area contributed by atoms with Gasteiger partial charge in [-0.3, -0.25) is 19.0 Å². The van der Waals surface area contributed by atoms with Crippen molar-refractivity contribution in [3.05, 3.63) is 93.3 Å². The van der Waals surface area contributed by atoms with Gasteiger partial charge in [0.25, 0.3) is 11.5 Å². The van der Waals surface area contributed by atoms with Gasteiger partial charge < -0.3 is 15.1 Å². The first kappa shape index (κ1) is 21.5. The minimum Gasteiger partial charge on any atom is -0.459 e. The summed E-state index contributed by atoms with van der Waals surface area (Å²) in [5, 5.41) is 6.08. The number of carbonyl (C=O) groups excluding carboxylic acids is 2. The predicted molar refractivity (Wildman–Crippen MR) is 123 cm³/mol. The second-order valence-corrected chi connectivity index (χ2v) is 7.98. The molecule has 0 spiro atoms. The van der Waals surface area contributed by atoms with Crippen molar-refractivity contribution in [2.45, 2.75) is 19.5 Å². The standard InChI is InChI=1S/C23H19BrN4O4/c24-16-6-7-19-18(12-16)23(31)28(14-26-19)9-8-21(29)25-13-15-3-1-4-17(11-15)27-22(30)20-5-2-10-32-20/h1-7,10-12,14H,8-9,13H2,(H,25,29)(H,27,30). The highest BCUT2D eigenvalue weighted by Gasteiger charge is 2.10. The highest BCUT2D eigenvalue weighted by molar-refractivity contribution is 9.10. The van der Waals surface area contributed by atoms with Gasteiger partial charge in [0, 0.05) is 29.7 Å². The van der Waals surface area contributed by atoms with Crippen LogP contribution in [0.1, 0.15) is 22.5 Å². The Bertz CT molecular complexity index is 1330. The molecule has 32 heavy (non-hydrogen) atoms. The quantitative estimate of drug-likeness (QED) is 0.407. The summed E-state index contributed by atoms with van der Waals surface area (Å²) in [5.74, 6) is -0.330. The maximum Gasteiger partial charge on any atom is 0.291 e. The lowest BCUT2D eigenvalue weighted by molar-refractivity contribution is -0.121. The first-order valence-corrected chi connectivity index (χ1v) is 10.6. The molecule has 0 saturated heterocycles. The van der Waals surface area contributed by atoms with Crippen LogP contribution in [0.3, 0.4) is 0 Å². The van der Waals surface area contributed by atoms with E-state index >= 15 is 0 Å². The number of nitrogens with one attached hydrogen (secondary N) is 2. The summed E-state index contributed by atoms with van der Waals surface area (Å²) in [7, 11) is 0. The zero-order valence-corrected chi connectivity index (χ0v) is 18.5. The third-order valence-electron chi connectivity index (χ3n) is 4.79. The number of aromatic nitrogens is 2. The lowest BCUT2D eigenvalue weighted by Gasteiger charge is -2.09. The van der Waals surface area contributed by atoms with Crippen LogP contribution in [-0.4, -0.2) is 21.4 Å². The van der Waals surface area contributed by atoms with Crippen LogP contribution >= 0.6 is 15.9 Å². The van der Waals surface area contributed by atoms with Gasteiger partial charge in [0.15, 0.2) is 5.76 Å². The first-order valence-electron chi connectivity index (χ1n) is 9.85. The molecule has 2 amide bonds. The fourth-order valence-corrected chi connectivity index (χ4v) is 3.52. The number of halogens is 1. The van der Waals surface area contributed by atoms with Crippen LogP contribution in [-0.2, 0) is 17.9 Å². The third-order valence-corrected chi connectivity index (χ3v) is 5.28. The van der Waals surface area contributed by atoms with Crippen LogP contribution in [0.4, 0.5) is 5.69 Å². The molecule has 4 rings (SSSR count). The summed E-state index contributed by atoms with van der Waals surface area (Å²) in [4.78, 5) is 41.3. The third kappa shape index (κ3) is 5.12. The monoisotopic (exact) mass is 494 g/mol. The summed E-state index contributed by atoms with van der Waals surface area (Å²) in [6.07, 6.45) is 3.02. The van der Waals surface area contributed by atoms with Gasteiger partial charge in [0.1, 0.15) is 0 Å². The summed E-state index contributed by atoms with van der Waals surface area (Å²) in [6.45, 7) is 0.514. The van der Waals surface area contributed by atoms with Crippen molar-refractivity contribution >= 4 is 44.3 Å². The molecule has 8 nitrogen and oxygen atoms in total. The maximum atomic E-state index is 12.6. The summed E-state index contributed by atoms with van der Waals surface area (Å²) in [5.41, 5.74) is 1.84. The fraction of sp³-hybridized carbons (Fsp3) is 0.130. The van der Waals surface area contributed by atoms with E-state index in [9.17, 15) is 14.4 Å². The maximum absolute atomic E-state index is 12.6. The Labute approximate surface area is 191 Å². The number of hydrogen-bond donors (Lipinski definition) is 2. The topological polar surface area (TPSA) is 106 Å². The average Bonchev–Trinajstić information content (AvgIpc) is 3.33. The molecule has 4 aromatic rings. The highest BCUT2D eigenvalue weighted by Crippen LogP contribution is 2.15. The van der Waals surface area contributed by atoms with E-state index in [-0.39, 0.29) is 36.1 Å². The molecule has 9 heteroatoms. The number of carbonyl (C=O) groups is 2. The van der Waals surface area contributed by atoms with Gasteiger partial charge >= 0.3 is 0 Å². The van der Waals surface area contributed by atoms with Crippen LogP contribution in [0.15, 0.2) is 80.9 Å². The molecule has 2 aromatic carbocycles. The van der Waals surface area contributed by atoms with Crippen LogP contribution in [0.25, 0.3) is 10.9 Å². The van der Waals surface area contributed by atoms with Crippen molar-refractivity contribution < 1.29 is 14.0 Å². The highest BCUT2D eigenvalue weighted by atomic mass is 79.9. The number of rotatable bonds is 7. The van der Waals surface area contributed by atoms with Gasteiger partial charge in [-0.15, -0.1) is 0 Å². The van der Waals surface area contributed by atoms with Crippen LogP contribution in [0.5, 0.6) is 0 Å². The van der Waals surface area contributed by atoms with Crippen molar-refractivity contribution in [2.24, 2.45) is 0 Å². The number of furan rings is 1. The zero-order valence-electron chi connectivity index (χ0n) is 16.9. The van der Waals surface area contributed by atoms with Crippen molar-refractivity contribution in [3.63, 3.8) is 0 Å². The lowest BCUT2D eigenvalue weighted by atomic mass is 10.2. The Hall–Kier alpha value is -3.72. The van der Waals surface area contributed by atoms with E-state index in [1.807, 2.05) is 12.1 Å². The molecule has 0 aliphatic carbocycles. The fourth-order valence-electron chi connectivity index (χ4n) is 3.16. The number of hydrogen-bond acceptors (Lipinski definition) is 5. The zero-order chi connectivity index (χ0) is 22.5. The number of anilines is 1. The van der Waals surface area contributed by atoms with Gasteiger partial charge in [-0.2, -0.15) is 0 Å². The van der Waals surface area contributed by atoms with E-state index in [1.54, 1.807) is 42.5 Å². The molecule has 2 aromatic heterocycles. The minimum atomic E-state index is -0.349. The SMILES string of the molecule is O=C(CCn1cnc2ccc(Br)cc2c1=O)NCc1cccc(NC(=O)c2ccco2)c1. The Morgan fingerprint density at radius 1 is 1.09 bits per heavy atom. The Morgan fingerprint density at radius 3 is 2.78 bits per heavy atom.